The van der Waals surface area contributed by atoms with Gasteiger partial charge in [-0.3, -0.25) is 4.55 Å². The van der Waals surface area contributed by atoms with E-state index in [9.17, 15) is 34.8 Å². The molecular formula is C15H22F3NO8S2. The standard InChI is InChI=1S/C14H18F3NO5S.CH4O3S/c1-9(18-12(19)22-13(2,3)4)10-6-5-7-11(8-10)23-24(20,21)14(15,16)17;1-5(2,3)4/h5-9H,1-4H3,(H,18,19);1H3,(H,2,3,4)/t9-;/m0./s1. The molecule has 0 aromatic heterocycles. The monoisotopic (exact) mass is 465 g/mol. The minimum atomic E-state index is -5.75. The lowest BCUT2D eigenvalue weighted by atomic mass is 10.1. The van der Waals surface area contributed by atoms with Crippen LogP contribution in [0.25, 0.3) is 0 Å². The van der Waals surface area contributed by atoms with Crippen molar-refractivity contribution in [3.63, 3.8) is 0 Å². The Labute approximate surface area is 167 Å². The van der Waals surface area contributed by atoms with E-state index in [-0.39, 0.29) is 0 Å². The van der Waals surface area contributed by atoms with Crippen molar-refractivity contribution in [2.75, 3.05) is 6.26 Å². The average Bonchev–Trinajstić information content (AvgIpc) is 2.41. The zero-order chi connectivity index (χ0) is 23.3. The zero-order valence-electron chi connectivity index (χ0n) is 16.1. The number of hydrogen-bond acceptors (Lipinski definition) is 7. The van der Waals surface area contributed by atoms with Gasteiger partial charge in [-0.1, -0.05) is 12.1 Å². The number of carbonyl (C=O) groups is 1. The van der Waals surface area contributed by atoms with Crippen molar-refractivity contribution in [3.05, 3.63) is 29.8 Å². The maximum Gasteiger partial charge on any atom is 0.534 e. The van der Waals surface area contributed by atoms with Crippen molar-refractivity contribution >= 4 is 26.3 Å². The summed E-state index contributed by atoms with van der Waals surface area (Å²) in [6.45, 7) is 6.58. The van der Waals surface area contributed by atoms with Gasteiger partial charge in [-0.05, 0) is 45.4 Å². The number of nitrogens with one attached hydrogen (secondary N) is 1. The molecule has 0 aliphatic carbocycles. The molecule has 0 saturated carbocycles. The van der Waals surface area contributed by atoms with Crippen LogP contribution in [-0.4, -0.2) is 44.8 Å². The highest BCUT2D eigenvalue weighted by molar-refractivity contribution is 7.88. The van der Waals surface area contributed by atoms with Crippen molar-refractivity contribution in [1.29, 1.82) is 0 Å². The van der Waals surface area contributed by atoms with Gasteiger partial charge in [-0.2, -0.15) is 30.0 Å². The van der Waals surface area contributed by atoms with Gasteiger partial charge in [0.2, 0.25) is 0 Å². The normalized spacial score (nSPS) is 13.6. The van der Waals surface area contributed by atoms with E-state index in [1.165, 1.54) is 12.1 Å². The van der Waals surface area contributed by atoms with Gasteiger partial charge in [0.15, 0.2) is 0 Å². The van der Waals surface area contributed by atoms with Crippen molar-refractivity contribution in [1.82, 2.24) is 5.32 Å². The first kappa shape index (κ1) is 26.9. The molecule has 1 aromatic rings. The maximum absolute atomic E-state index is 12.3. The predicted molar refractivity (Wildman–Crippen MR) is 97.3 cm³/mol. The lowest BCUT2D eigenvalue weighted by molar-refractivity contribution is -0.0500. The molecule has 0 unspecified atom stereocenters. The summed E-state index contributed by atoms with van der Waals surface area (Å²) in [4.78, 5) is 11.7. The van der Waals surface area contributed by atoms with E-state index in [1.54, 1.807) is 27.7 Å². The highest BCUT2D eigenvalue weighted by Gasteiger charge is 2.48. The Bertz CT molecular complexity index is 898. The second-order valence-corrected chi connectivity index (χ2v) is 9.66. The Hall–Kier alpha value is -2.06. The zero-order valence-corrected chi connectivity index (χ0v) is 17.8. The van der Waals surface area contributed by atoms with E-state index >= 15 is 0 Å². The van der Waals surface area contributed by atoms with Crippen LogP contribution in [0.4, 0.5) is 18.0 Å². The molecule has 0 bridgehead atoms. The number of carbonyl (C=O) groups excluding carboxylic acids is 1. The Kier molecular flexibility index (Phi) is 8.94. The molecular weight excluding hydrogens is 443 g/mol. The van der Waals surface area contributed by atoms with Crippen molar-refractivity contribution in [2.24, 2.45) is 0 Å². The van der Waals surface area contributed by atoms with E-state index in [0.717, 1.165) is 12.1 Å². The minimum absolute atomic E-state index is 0.343. The average molecular weight is 465 g/mol. The van der Waals surface area contributed by atoms with Gasteiger partial charge in [-0.15, -0.1) is 0 Å². The second kappa shape index (κ2) is 9.63. The molecule has 9 nitrogen and oxygen atoms in total. The van der Waals surface area contributed by atoms with Crippen molar-refractivity contribution < 1.29 is 48.3 Å². The molecule has 14 heteroatoms. The van der Waals surface area contributed by atoms with E-state index < -0.39 is 49.2 Å². The second-order valence-electron chi connectivity index (χ2n) is 6.66. The van der Waals surface area contributed by atoms with Crippen LogP contribution in [-0.2, 0) is 25.0 Å². The van der Waals surface area contributed by atoms with Crippen LogP contribution in [0.5, 0.6) is 5.75 Å². The number of rotatable bonds is 4. The molecule has 0 spiro atoms. The molecule has 1 atom stereocenters. The van der Waals surface area contributed by atoms with Gasteiger partial charge in [0.05, 0.1) is 12.3 Å². The summed E-state index contributed by atoms with van der Waals surface area (Å²) in [7, 11) is -9.42. The third-order valence-corrected chi connectivity index (χ3v) is 3.56. The van der Waals surface area contributed by atoms with Crippen molar-refractivity contribution in [3.8, 4) is 5.75 Å². The number of alkyl carbamates (subject to hydrolysis) is 1. The van der Waals surface area contributed by atoms with Crippen LogP contribution >= 0.6 is 0 Å². The van der Waals surface area contributed by atoms with Gasteiger partial charge < -0.3 is 14.2 Å². The lowest BCUT2D eigenvalue weighted by Gasteiger charge is -2.22. The fourth-order valence-corrected chi connectivity index (χ4v) is 2.03. The molecule has 0 aliphatic rings. The van der Waals surface area contributed by atoms with E-state index in [4.69, 9.17) is 9.29 Å². The number of hydrogen-bond donors (Lipinski definition) is 2. The van der Waals surface area contributed by atoms with Gasteiger partial charge in [0, 0.05) is 0 Å². The lowest BCUT2D eigenvalue weighted by Crippen LogP contribution is -2.34. The molecule has 2 N–H and O–H groups in total. The number of amides is 1. The topological polar surface area (TPSA) is 136 Å². The summed E-state index contributed by atoms with van der Waals surface area (Å²) in [6, 6.07) is 4.31. The quantitative estimate of drug-likeness (QED) is 0.393. The number of halogens is 3. The van der Waals surface area contributed by atoms with Gasteiger partial charge in [0.25, 0.3) is 10.1 Å². The first-order valence-electron chi connectivity index (χ1n) is 7.74. The van der Waals surface area contributed by atoms with E-state index in [2.05, 4.69) is 9.50 Å². The van der Waals surface area contributed by atoms with Crippen LogP contribution < -0.4 is 9.50 Å². The SMILES string of the molecule is CS(=O)(=O)O.C[C@H](NC(=O)OC(C)(C)C)c1cccc(OS(=O)(=O)C(F)(F)F)c1. The molecule has 1 aromatic carbocycles. The largest absolute Gasteiger partial charge is 0.534 e. The summed E-state index contributed by atoms with van der Waals surface area (Å²) in [5, 5.41) is 2.48. The van der Waals surface area contributed by atoms with Crippen LogP contribution in [0.1, 0.15) is 39.3 Å². The fourth-order valence-electron chi connectivity index (χ4n) is 1.58. The van der Waals surface area contributed by atoms with Crippen LogP contribution in [0.3, 0.4) is 0 Å². The number of benzene rings is 1. The fraction of sp³-hybridized carbons (Fsp3) is 0.533. The third-order valence-electron chi connectivity index (χ3n) is 2.58. The molecule has 29 heavy (non-hydrogen) atoms. The molecule has 0 fully saturated rings. The Morgan fingerprint density at radius 1 is 1.14 bits per heavy atom. The van der Waals surface area contributed by atoms with Gasteiger partial charge >= 0.3 is 21.7 Å². The predicted octanol–water partition coefficient (Wildman–Crippen LogP) is 3.00. The summed E-state index contributed by atoms with van der Waals surface area (Å²) >= 11 is 0. The van der Waals surface area contributed by atoms with E-state index in [1.807, 2.05) is 0 Å². The highest BCUT2D eigenvalue weighted by Crippen LogP contribution is 2.28. The highest BCUT2D eigenvalue weighted by atomic mass is 32.2. The Morgan fingerprint density at radius 3 is 2.03 bits per heavy atom. The van der Waals surface area contributed by atoms with Crippen LogP contribution in [0.15, 0.2) is 24.3 Å². The van der Waals surface area contributed by atoms with E-state index in [0.29, 0.717) is 11.8 Å². The summed E-state index contributed by atoms with van der Waals surface area (Å²) in [5.41, 5.74) is -5.89. The van der Waals surface area contributed by atoms with Gasteiger partial charge in [0.1, 0.15) is 11.4 Å². The molecule has 1 amide bonds. The number of ether oxygens (including phenoxy) is 1. The molecule has 168 valence electrons. The smallest absolute Gasteiger partial charge is 0.444 e. The minimum Gasteiger partial charge on any atom is -0.444 e. The van der Waals surface area contributed by atoms with Gasteiger partial charge in [-0.25, -0.2) is 4.79 Å². The Balaban J connectivity index is 0.00000139. The molecule has 0 radical (unpaired) electrons. The van der Waals surface area contributed by atoms with Crippen LogP contribution in [0, 0.1) is 0 Å². The van der Waals surface area contributed by atoms with Crippen LogP contribution in [0.2, 0.25) is 0 Å². The summed E-state index contributed by atoms with van der Waals surface area (Å²) in [6.07, 6.45) is -0.00302. The summed E-state index contributed by atoms with van der Waals surface area (Å²) < 4.78 is 93.9. The summed E-state index contributed by atoms with van der Waals surface area (Å²) in [5.74, 6) is -0.511. The van der Waals surface area contributed by atoms with Crippen molar-refractivity contribution in [2.45, 2.75) is 44.8 Å². The molecule has 0 saturated heterocycles. The molecule has 0 aliphatic heterocycles. The molecule has 0 heterocycles. The first-order chi connectivity index (χ1) is 12.7. The Morgan fingerprint density at radius 2 is 1.62 bits per heavy atom. The third kappa shape index (κ3) is 12.2. The number of alkyl halides is 3. The molecule has 1 rings (SSSR count). The first-order valence-corrected chi connectivity index (χ1v) is 11.0. The maximum atomic E-state index is 12.3.